The Hall–Kier alpha value is -7.93. The summed E-state index contributed by atoms with van der Waals surface area (Å²) in [5.74, 6) is 2.67. The number of hydrogen-bond acceptors (Lipinski definition) is 5. The molecule has 0 N–H and O–H groups in total. The first-order chi connectivity index (χ1) is 32.6. The molecule has 66 heavy (non-hydrogen) atoms. The molecule has 0 radical (unpaired) electrons. The number of furan rings is 1. The van der Waals surface area contributed by atoms with Gasteiger partial charge in [-0.05, 0) is 83.3 Å². The summed E-state index contributed by atoms with van der Waals surface area (Å²) in [5.41, 5.74) is 11.0. The molecule has 2 aliphatic rings. The van der Waals surface area contributed by atoms with E-state index >= 15 is 0 Å². The molecule has 11 aromatic rings. The summed E-state index contributed by atoms with van der Waals surface area (Å²) in [7, 11) is 0. The third-order valence-corrected chi connectivity index (χ3v) is 14.8. The van der Waals surface area contributed by atoms with Crippen LogP contribution in [0, 0.1) is 0 Å². The van der Waals surface area contributed by atoms with Crippen LogP contribution in [-0.4, -0.2) is 19.5 Å². The van der Waals surface area contributed by atoms with E-state index in [1.54, 1.807) is 0 Å². The Kier molecular flexibility index (Phi) is 8.97. The standard InChI is InChI=1S/C60H42N4OS/c1-3-36(40-26-17-31-53-54(40)48-25-13-15-30-52(48)66-53)34-37(4-2)41-27-16-28-49-55-46-23-10-8-20-42(46)43-21-9-11-24-47(43)57(55)64(56(41)49)60-62-58(38-18-6-5-7-19-38)61-59(63-60)39-32-33-45-44-22-12-14-29-50(44)65-51(45)35-39/h3-26,28-31,34-35,41H,2,27,32-33H2,1H3/b36-3+,37-34+. The molecule has 4 aromatic heterocycles. The molecule has 2 aliphatic carbocycles. The lowest BCUT2D eigenvalue weighted by molar-refractivity contribution is 0.596. The molecular formula is C60H42N4OS. The molecule has 0 spiro atoms. The fraction of sp³-hybridized carbons (Fsp3) is 0.0833. The van der Waals surface area contributed by atoms with Gasteiger partial charge in [-0.2, -0.15) is 9.97 Å². The van der Waals surface area contributed by atoms with Gasteiger partial charge in [-0.1, -0.05) is 164 Å². The molecule has 0 aliphatic heterocycles. The molecule has 5 nitrogen and oxygen atoms in total. The first kappa shape index (κ1) is 38.5. The van der Waals surface area contributed by atoms with Gasteiger partial charge in [0, 0.05) is 70.2 Å². The van der Waals surface area contributed by atoms with E-state index in [1.807, 2.05) is 41.7 Å². The molecule has 6 heteroatoms. The van der Waals surface area contributed by atoms with E-state index in [-0.39, 0.29) is 5.92 Å². The molecule has 7 aromatic carbocycles. The first-order valence-electron chi connectivity index (χ1n) is 22.7. The minimum atomic E-state index is -0.0758. The van der Waals surface area contributed by atoms with Crippen molar-refractivity contribution in [1.29, 1.82) is 0 Å². The summed E-state index contributed by atoms with van der Waals surface area (Å²) in [6.07, 6.45) is 15.9. The van der Waals surface area contributed by atoms with Gasteiger partial charge in [-0.15, -0.1) is 11.3 Å². The van der Waals surface area contributed by atoms with Gasteiger partial charge in [-0.3, -0.25) is 4.57 Å². The number of fused-ring (bicyclic) bond motifs is 14. The van der Waals surface area contributed by atoms with Gasteiger partial charge in [0.15, 0.2) is 11.6 Å². The molecule has 0 amide bonds. The van der Waals surface area contributed by atoms with Gasteiger partial charge in [0.25, 0.3) is 0 Å². The Labute approximate surface area is 385 Å². The van der Waals surface area contributed by atoms with Crippen LogP contribution in [0.5, 0.6) is 0 Å². The fourth-order valence-corrected chi connectivity index (χ4v) is 11.9. The Morgan fingerprint density at radius 1 is 0.682 bits per heavy atom. The van der Waals surface area contributed by atoms with Crippen molar-refractivity contribution in [2.75, 3.05) is 0 Å². The van der Waals surface area contributed by atoms with Crippen LogP contribution >= 0.6 is 11.3 Å². The molecule has 1 unspecified atom stereocenters. The van der Waals surface area contributed by atoms with Gasteiger partial charge >= 0.3 is 0 Å². The largest absolute Gasteiger partial charge is 0.456 e. The Bertz CT molecular complexity index is 3950. The SMILES string of the molecule is C=C/C(=C\C(=C/C)c1cccc2sc3ccccc3c12)C1CC=Cc2c1n(-c1nc(C3=Cc4oc5ccccc5c4CC3)nc(-c3ccccc3)n1)c1c3ccccc3c3ccccc3c21. The van der Waals surface area contributed by atoms with Crippen molar-refractivity contribution in [2.24, 2.45) is 0 Å². The highest BCUT2D eigenvalue weighted by Crippen LogP contribution is 2.49. The number of aryl methyl sites for hydroxylation is 1. The fourth-order valence-electron chi connectivity index (χ4n) is 10.7. The zero-order valence-corrected chi connectivity index (χ0v) is 37.1. The van der Waals surface area contributed by atoms with E-state index < -0.39 is 0 Å². The van der Waals surface area contributed by atoms with Crippen LogP contribution < -0.4 is 0 Å². The monoisotopic (exact) mass is 866 g/mol. The maximum absolute atomic E-state index is 6.47. The summed E-state index contributed by atoms with van der Waals surface area (Å²) in [6.45, 7) is 6.67. The molecule has 4 heterocycles. The number of hydrogen-bond donors (Lipinski definition) is 0. The van der Waals surface area contributed by atoms with Crippen molar-refractivity contribution in [3.8, 4) is 17.3 Å². The second kappa shape index (κ2) is 15.4. The lowest BCUT2D eigenvalue weighted by Gasteiger charge is -2.24. The number of para-hydroxylation sites is 1. The molecule has 1 atom stereocenters. The molecular weight excluding hydrogens is 825 g/mol. The average molecular weight is 867 g/mol. The minimum absolute atomic E-state index is 0.0758. The number of allylic oxidation sites excluding steroid dienone is 7. The van der Waals surface area contributed by atoms with E-state index in [2.05, 4.69) is 170 Å². The van der Waals surface area contributed by atoms with E-state index in [0.717, 1.165) is 69.5 Å². The first-order valence-corrected chi connectivity index (χ1v) is 23.6. The topological polar surface area (TPSA) is 56.7 Å². The lowest BCUT2D eigenvalue weighted by Crippen LogP contribution is -2.15. The maximum Gasteiger partial charge on any atom is 0.238 e. The van der Waals surface area contributed by atoms with Crippen molar-refractivity contribution in [3.63, 3.8) is 0 Å². The van der Waals surface area contributed by atoms with Crippen LogP contribution in [0.4, 0.5) is 0 Å². The summed E-state index contributed by atoms with van der Waals surface area (Å²) >= 11 is 1.85. The van der Waals surface area contributed by atoms with E-state index in [4.69, 9.17) is 19.4 Å². The van der Waals surface area contributed by atoms with Crippen molar-refractivity contribution in [1.82, 2.24) is 19.5 Å². The van der Waals surface area contributed by atoms with Gasteiger partial charge in [0.2, 0.25) is 5.95 Å². The van der Waals surface area contributed by atoms with E-state index in [9.17, 15) is 0 Å². The van der Waals surface area contributed by atoms with Gasteiger partial charge < -0.3 is 4.42 Å². The molecule has 0 fully saturated rings. The molecule has 13 rings (SSSR count). The smallest absolute Gasteiger partial charge is 0.238 e. The van der Waals surface area contributed by atoms with Crippen LogP contribution in [0.25, 0.3) is 104 Å². The third kappa shape index (κ3) is 5.95. The van der Waals surface area contributed by atoms with E-state index in [0.29, 0.717) is 17.6 Å². The highest BCUT2D eigenvalue weighted by Gasteiger charge is 2.32. The predicted molar refractivity (Wildman–Crippen MR) is 277 cm³/mol. The summed E-state index contributed by atoms with van der Waals surface area (Å²) in [4.78, 5) is 16.3. The van der Waals surface area contributed by atoms with Crippen molar-refractivity contribution in [2.45, 2.75) is 32.1 Å². The Morgan fingerprint density at radius 3 is 2.20 bits per heavy atom. The molecule has 0 bridgehead atoms. The predicted octanol–water partition coefficient (Wildman–Crippen LogP) is 16.1. The van der Waals surface area contributed by atoms with Crippen molar-refractivity contribution < 1.29 is 4.42 Å². The summed E-state index contributed by atoms with van der Waals surface area (Å²) < 4.78 is 11.4. The number of aromatic nitrogens is 4. The minimum Gasteiger partial charge on any atom is -0.456 e. The van der Waals surface area contributed by atoms with Gasteiger partial charge in [-0.25, -0.2) is 4.98 Å². The number of rotatable bonds is 7. The van der Waals surface area contributed by atoms with Crippen LogP contribution in [-0.2, 0) is 6.42 Å². The zero-order valence-electron chi connectivity index (χ0n) is 36.3. The molecule has 0 saturated heterocycles. The normalized spacial score (nSPS) is 15.3. The summed E-state index contributed by atoms with van der Waals surface area (Å²) in [5, 5.41) is 9.69. The highest BCUT2D eigenvalue weighted by molar-refractivity contribution is 7.25. The number of benzene rings is 7. The number of thiophene rings is 1. The van der Waals surface area contributed by atoms with Crippen molar-refractivity contribution >= 4 is 98.2 Å². The highest BCUT2D eigenvalue weighted by atomic mass is 32.1. The second-order valence-electron chi connectivity index (χ2n) is 17.3. The average Bonchev–Trinajstić information content (AvgIpc) is 4.07. The Balaban J connectivity index is 1.09. The third-order valence-electron chi connectivity index (χ3n) is 13.7. The van der Waals surface area contributed by atoms with Gasteiger partial charge in [0.1, 0.15) is 11.3 Å². The Morgan fingerprint density at radius 2 is 1.38 bits per heavy atom. The molecule has 314 valence electrons. The summed E-state index contributed by atoms with van der Waals surface area (Å²) in [6, 6.07) is 51.7. The van der Waals surface area contributed by atoms with E-state index in [1.165, 1.54) is 63.8 Å². The van der Waals surface area contributed by atoms with Crippen molar-refractivity contribution in [3.05, 3.63) is 216 Å². The zero-order chi connectivity index (χ0) is 43.9. The number of nitrogens with zero attached hydrogens (tertiary/aromatic N) is 4. The quantitative estimate of drug-likeness (QED) is 0.118. The van der Waals surface area contributed by atoms with Gasteiger partial charge in [0.05, 0.1) is 5.52 Å². The second-order valence-corrected chi connectivity index (χ2v) is 18.4. The van der Waals surface area contributed by atoms with Crippen LogP contribution in [0.3, 0.4) is 0 Å². The van der Waals surface area contributed by atoms with Crippen LogP contribution in [0.2, 0.25) is 0 Å². The molecule has 0 saturated carbocycles. The maximum atomic E-state index is 6.47. The lowest BCUT2D eigenvalue weighted by atomic mass is 9.83. The van der Waals surface area contributed by atoms with Crippen LogP contribution in [0.15, 0.2) is 186 Å². The van der Waals surface area contributed by atoms with Crippen LogP contribution in [0.1, 0.15) is 59.7 Å².